The lowest BCUT2D eigenvalue weighted by Crippen LogP contribution is -2.17. The number of ether oxygens (including phenoxy) is 1. The number of rotatable bonds is 5. The molecule has 110 valence electrons. The number of hydrogen-bond donors (Lipinski definition) is 0. The first-order chi connectivity index (χ1) is 10.2. The van der Waals surface area contributed by atoms with Crippen LogP contribution in [-0.4, -0.2) is 22.7 Å². The van der Waals surface area contributed by atoms with Gasteiger partial charge in [-0.2, -0.15) is 4.98 Å². The van der Waals surface area contributed by atoms with Gasteiger partial charge in [0, 0.05) is 10.4 Å². The van der Waals surface area contributed by atoms with Gasteiger partial charge < -0.3 is 9.26 Å². The molecule has 1 heterocycles. The van der Waals surface area contributed by atoms with Crippen LogP contribution in [0.5, 0.6) is 0 Å². The van der Waals surface area contributed by atoms with Crippen LogP contribution in [0.2, 0.25) is 0 Å². The van der Waals surface area contributed by atoms with Crippen LogP contribution in [0.4, 0.5) is 0 Å². The van der Waals surface area contributed by atoms with Crippen molar-refractivity contribution in [1.82, 2.24) is 10.1 Å². The minimum Gasteiger partial charge on any atom is -0.465 e. The second-order valence-corrected chi connectivity index (χ2v) is 5.92. The molecule has 1 saturated carbocycles. The van der Waals surface area contributed by atoms with E-state index in [4.69, 9.17) is 9.26 Å². The Bertz CT molecular complexity index is 635. The van der Waals surface area contributed by atoms with Crippen LogP contribution < -0.4 is 0 Å². The zero-order valence-corrected chi connectivity index (χ0v) is 13.2. The number of aromatic nitrogens is 2. The van der Waals surface area contributed by atoms with E-state index in [1.807, 2.05) is 24.3 Å². The van der Waals surface area contributed by atoms with Crippen molar-refractivity contribution in [2.75, 3.05) is 6.61 Å². The van der Waals surface area contributed by atoms with Gasteiger partial charge in [0.05, 0.1) is 6.61 Å². The molecule has 1 aliphatic rings. The third-order valence-electron chi connectivity index (χ3n) is 3.37. The molecule has 1 aliphatic carbocycles. The molecule has 0 N–H and O–H groups in total. The fourth-order valence-electron chi connectivity index (χ4n) is 2.13. The van der Waals surface area contributed by atoms with Crippen molar-refractivity contribution in [1.29, 1.82) is 0 Å². The molecular weight excluding hydrogens is 336 g/mol. The van der Waals surface area contributed by atoms with Crippen molar-refractivity contribution in [2.24, 2.45) is 0 Å². The number of benzene rings is 1. The summed E-state index contributed by atoms with van der Waals surface area (Å²) in [5.41, 5.74) is 0.780. The summed E-state index contributed by atoms with van der Waals surface area (Å²) in [7, 11) is 0. The first-order valence-corrected chi connectivity index (χ1v) is 7.74. The Morgan fingerprint density at radius 3 is 2.76 bits per heavy atom. The zero-order valence-electron chi connectivity index (χ0n) is 11.6. The fourth-order valence-corrected chi connectivity index (χ4v) is 2.40. The molecule has 0 spiro atoms. The fraction of sp³-hybridized carbons (Fsp3) is 0.400. The molecule has 6 heteroatoms. The maximum Gasteiger partial charge on any atom is 0.323 e. The average molecular weight is 351 g/mol. The van der Waals surface area contributed by atoms with Crippen LogP contribution >= 0.6 is 15.9 Å². The molecule has 0 bridgehead atoms. The van der Waals surface area contributed by atoms with Gasteiger partial charge in [-0.05, 0) is 37.5 Å². The molecule has 1 unspecified atom stereocenters. The number of carbonyl (C=O) groups is 1. The lowest BCUT2D eigenvalue weighted by molar-refractivity contribution is -0.144. The van der Waals surface area contributed by atoms with Gasteiger partial charge in [0.25, 0.3) is 0 Å². The summed E-state index contributed by atoms with van der Waals surface area (Å²) in [6.07, 6.45) is 2.17. The van der Waals surface area contributed by atoms with E-state index < -0.39 is 5.92 Å². The van der Waals surface area contributed by atoms with Gasteiger partial charge in [0.1, 0.15) is 0 Å². The van der Waals surface area contributed by atoms with E-state index in [1.165, 1.54) is 0 Å². The van der Waals surface area contributed by atoms with Crippen LogP contribution in [0.25, 0.3) is 0 Å². The Kier molecular flexibility index (Phi) is 4.05. The summed E-state index contributed by atoms with van der Waals surface area (Å²) in [4.78, 5) is 16.6. The largest absolute Gasteiger partial charge is 0.465 e. The van der Waals surface area contributed by atoms with Crippen molar-refractivity contribution >= 4 is 21.9 Å². The summed E-state index contributed by atoms with van der Waals surface area (Å²) in [6.45, 7) is 2.09. The number of hydrogen-bond acceptors (Lipinski definition) is 5. The molecule has 0 amide bonds. The normalized spacial score (nSPS) is 15.7. The molecular formula is C15H15BrN2O3. The summed E-state index contributed by atoms with van der Waals surface area (Å²) in [6, 6.07) is 7.46. The van der Waals surface area contributed by atoms with Crippen molar-refractivity contribution < 1.29 is 14.1 Å². The third-order valence-corrected chi connectivity index (χ3v) is 3.90. The zero-order chi connectivity index (χ0) is 14.8. The molecule has 1 atom stereocenters. The molecule has 0 aliphatic heterocycles. The molecule has 5 nitrogen and oxygen atoms in total. The van der Waals surface area contributed by atoms with Gasteiger partial charge in [-0.25, -0.2) is 0 Å². The van der Waals surface area contributed by atoms with E-state index >= 15 is 0 Å². The molecule has 2 aromatic rings. The summed E-state index contributed by atoms with van der Waals surface area (Å²) in [5.74, 6) is 0.341. The highest BCUT2D eigenvalue weighted by molar-refractivity contribution is 9.10. The molecule has 0 radical (unpaired) electrons. The van der Waals surface area contributed by atoms with Crippen molar-refractivity contribution in [3.05, 3.63) is 46.0 Å². The maximum atomic E-state index is 12.3. The molecule has 21 heavy (non-hydrogen) atoms. The van der Waals surface area contributed by atoms with Gasteiger partial charge in [-0.15, -0.1) is 0 Å². The summed E-state index contributed by atoms with van der Waals surface area (Å²) >= 11 is 3.38. The monoisotopic (exact) mass is 350 g/mol. The van der Waals surface area contributed by atoms with E-state index in [1.54, 1.807) is 6.92 Å². The Hall–Kier alpha value is -1.69. The predicted octanol–water partition coefficient (Wildman–Crippen LogP) is 3.40. The third kappa shape index (κ3) is 3.15. The van der Waals surface area contributed by atoms with Crippen LogP contribution in [-0.2, 0) is 9.53 Å². The van der Waals surface area contributed by atoms with Gasteiger partial charge in [0.2, 0.25) is 5.89 Å². The van der Waals surface area contributed by atoms with Gasteiger partial charge in [-0.3, -0.25) is 4.79 Å². The van der Waals surface area contributed by atoms with Crippen LogP contribution in [0.15, 0.2) is 33.3 Å². The van der Waals surface area contributed by atoms with E-state index in [-0.39, 0.29) is 5.97 Å². The first-order valence-electron chi connectivity index (χ1n) is 6.94. The molecule has 3 rings (SSSR count). The van der Waals surface area contributed by atoms with Crippen LogP contribution in [0, 0.1) is 0 Å². The predicted molar refractivity (Wildman–Crippen MR) is 78.9 cm³/mol. The first kappa shape index (κ1) is 14.3. The lowest BCUT2D eigenvalue weighted by Gasteiger charge is -2.12. The number of nitrogens with zero attached hydrogens (tertiary/aromatic N) is 2. The smallest absolute Gasteiger partial charge is 0.323 e. The Balaban J connectivity index is 1.93. The second-order valence-electron chi connectivity index (χ2n) is 5.00. The molecule has 1 fully saturated rings. The Morgan fingerprint density at radius 1 is 1.43 bits per heavy atom. The highest BCUT2D eigenvalue weighted by Crippen LogP contribution is 2.39. The number of carbonyl (C=O) groups excluding carboxylic acids is 1. The SMILES string of the molecule is CCOC(=O)C(c1ccc(Br)cc1)c1nc(C2CC2)no1. The van der Waals surface area contributed by atoms with E-state index in [0.29, 0.717) is 24.2 Å². The minimum atomic E-state index is -0.668. The lowest BCUT2D eigenvalue weighted by atomic mass is 9.99. The minimum absolute atomic E-state index is 0.303. The standard InChI is InChI=1S/C15H15BrN2O3/c1-2-20-15(19)12(9-5-7-11(16)8-6-9)14-17-13(18-21-14)10-3-4-10/h5-8,10,12H,2-4H2,1H3. The van der Waals surface area contributed by atoms with Crippen LogP contribution in [0.3, 0.4) is 0 Å². The summed E-state index contributed by atoms with van der Waals surface area (Å²) < 4.78 is 11.4. The van der Waals surface area contributed by atoms with Gasteiger partial charge in [0.15, 0.2) is 11.7 Å². The Morgan fingerprint density at radius 2 is 2.14 bits per heavy atom. The molecule has 0 saturated heterocycles. The van der Waals surface area contributed by atoms with Gasteiger partial charge in [-0.1, -0.05) is 33.2 Å². The second kappa shape index (κ2) is 5.97. The average Bonchev–Trinajstić information content (AvgIpc) is 3.21. The van der Waals surface area contributed by atoms with E-state index in [9.17, 15) is 4.79 Å². The highest BCUT2D eigenvalue weighted by atomic mass is 79.9. The Labute approximate surface area is 130 Å². The summed E-state index contributed by atoms with van der Waals surface area (Å²) in [5, 5.41) is 3.98. The van der Waals surface area contributed by atoms with E-state index in [2.05, 4.69) is 26.1 Å². The van der Waals surface area contributed by atoms with E-state index in [0.717, 1.165) is 22.9 Å². The van der Waals surface area contributed by atoms with Crippen LogP contribution in [0.1, 0.15) is 48.9 Å². The van der Waals surface area contributed by atoms with Crippen molar-refractivity contribution in [3.63, 3.8) is 0 Å². The van der Waals surface area contributed by atoms with Crippen molar-refractivity contribution in [2.45, 2.75) is 31.6 Å². The number of halogens is 1. The highest BCUT2D eigenvalue weighted by Gasteiger charge is 2.34. The molecule has 1 aromatic carbocycles. The number of esters is 1. The molecule has 1 aromatic heterocycles. The van der Waals surface area contributed by atoms with Crippen molar-refractivity contribution in [3.8, 4) is 0 Å². The quantitative estimate of drug-likeness (QED) is 0.773. The topological polar surface area (TPSA) is 65.2 Å². The maximum absolute atomic E-state index is 12.3. The van der Waals surface area contributed by atoms with Gasteiger partial charge >= 0.3 is 5.97 Å².